The van der Waals surface area contributed by atoms with Gasteiger partial charge in [-0.05, 0) is 51.7 Å². The Labute approximate surface area is 188 Å². The smallest absolute Gasteiger partial charge is 0.295 e. The molecule has 1 unspecified atom stereocenters. The first-order valence-corrected chi connectivity index (χ1v) is 10.5. The highest BCUT2D eigenvalue weighted by Gasteiger charge is 2.46. The molecule has 3 rings (SSSR count). The third-order valence-electron chi connectivity index (χ3n) is 5.57. The summed E-state index contributed by atoms with van der Waals surface area (Å²) in [6, 6.07) is 12.0. The number of nitrogens with zero attached hydrogens (tertiary/aromatic N) is 2. The lowest BCUT2D eigenvalue weighted by Gasteiger charge is -2.26. The number of Topliss-reactive ketones (excluding diaryl/α,β-unsaturated/α-hetero) is 1. The Hall–Kier alpha value is -3.32. The summed E-state index contributed by atoms with van der Waals surface area (Å²) in [5, 5.41) is 11.4. The topological polar surface area (TPSA) is 79.3 Å². The highest BCUT2D eigenvalue weighted by Crippen LogP contribution is 2.43. The summed E-state index contributed by atoms with van der Waals surface area (Å²) in [6.07, 6.45) is 0.695. The van der Waals surface area contributed by atoms with Crippen molar-refractivity contribution in [2.75, 3.05) is 41.4 Å². The number of hydrogen-bond donors (Lipinski definition) is 1. The number of aryl methyl sites for hydroxylation is 1. The fraction of sp³-hybridized carbons (Fsp3) is 0.360. The lowest BCUT2D eigenvalue weighted by atomic mass is 9.94. The number of carbonyl (C=O) groups excluding carboxylic acids is 2. The van der Waals surface area contributed by atoms with E-state index < -0.39 is 17.7 Å². The van der Waals surface area contributed by atoms with Crippen LogP contribution in [0, 0.1) is 6.92 Å². The molecule has 0 bridgehead atoms. The van der Waals surface area contributed by atoms with Crippen LogP contribution >= 0.6 is 0 Å². The molecule has 170 valence electrons. The number of rotatable bonds is 8. The van der Waals surface area contributed by atoms with Crippen molar-refractivity contribution in [1.82, 2.24) is 9.80 Å². The number of aliphatic hydroxyl groups is 1. The van der Waals surface area contributed by atoms with E-state index in [0.717, 1.165) is 17.7 Å². The van der Waals surface area contributed by atoms with Gasteiger partial charge in [0.05, 0.1) is 25.8 Å². The molecule has 0 saturated carbocycles. The van der Waals surface area contributed by atoms with Crippen molar-refractivity contribution < 1.29 is 24.2 Å². The number of benzene rings is 2. The van der Waals surface area contributed by atoms with Crippen LogP contribution in [0.2, 0.25) is 0 Å². The van der Waals surface area contributed by atoms with Gasteiger partial charge in [0.25, 0.3) is 11.7 Å². The number of likely N-dealkylation sites (tertiary alicyclic amines) is 1. The summed E-state index contributed by atoms with van der Waals surface area (Å²) >= 11 is 0. The Kier molecular flexibility index (Phi) is 7.20. The third-order valence-corrected chi connectivity index (χ3v) is 5.57. The molecular formula is C25H30N2O5. The van der Waals surface area contributed by atoms with Gasteiger partial charge < -0.3 is 24.4 Å². The average molecular weight is 439 g/mol. The van der Waals surface area contributed by atoms with E-state index >= 15 is 0 Å². The first-order valence-electron chi connectivity index (χ1n) is 10.5. The van der Waals surface area contributed by atoms with Crippen molar-refractivity contribution in [2.24, 2.45) is 0 Å². The van der Waals surface area contributed by atoms with E-state index in [1.165, 1.54) is 14.2 Å². The molecule has 1 amide bonds. The van der Waals surface area contributed by atoms with E-state index in [1.54, 1.807) is 23.1 Å². The second-order valence-electron chi connectivity index (χ2n) is 8.10. The second-order valence-corrected chi connectivity index (χ2v) is 8.10. The highest BCUT2D eigenvalue weighted by molar-refractivity contribution is 6.46. The van der Waals surface area contributed by atoms with Gasteiger partial charge in [0, 0.05) is 6.54 Å². The second kappa shape index (κ2) is 9.87. The number of hydrogen-bond acceptors (Lipinski definition) is 6. The van der Waals surface area contributed by atoms with Gasteiger partial charge in [-0.25, -0.2) is 0 Å². The maximum Gasteiger partial charge on any atom is 0.295 e. The van der Waals surface area contributed by atoms with Crippen LogP contribution in [0.3, 0.4) is 0 Å². The van der Waals surface area contributed by atoms with E-state index in [9.17, 15) is 14.7 Å². The van der Waals surface area contributed by atoms with Gasteiger partial charge in [-0.15, -0.1) is 0 Å². The van der Waals surface area contributed by atoms with Crippen LogP contribution in [0.1, 0.15) is 29.2 Å². The molecule has 1 atom stereocenters. The Bertz CT molecular complexity index is 1020. The molecule has 0 radical (unpaired) electrons. The Morgan fingerprint density at radius 3 is 2.25 bits per heavy atom. The zero-order chi connectivity index (χ0) is 23.4. The largest absolute Gasteiger partial charge is 0.506 e. The molecule has 0 aromatic heterocycles. The van der Waals surface area contributed by atoms with Gasteiger partial charge in [0.1, 0.15) is 22.8 Å². The van der Waals surface area contributed by atoms with Crippen molar-refractivity contribution in [2.45, 2.75) is 19.4 Å². The molecule has 2 aromatic carbocycles. The Balaban J connectivity index is 2.20. The molecule has 1 aliphatic rings. The molecule has 7 nitrogen and oxygen atoms in total. The molecule has 1 saturated heterocycles. The predicted molar refractivity (Wildman–Crippen MR) is 123 cm³/mol. The molecule has 7 heteroatoms. The van der Waals surface area contributed by atoms with Crippen LogP contribution in [0.25, 0.3) is 5.76 Å². The summed E-state index contributed by atoms with van der Waals surface area (Å²) in [6.45, 7) is 3.11. The van der Waals surface area contributed by atoms with Gasteiger partial charge >= 0.3 is 0 Å². The van der Waals surface area contributed by atoms with Crippen molar-refractivity contribution >= 4 is 17.4 Å². The quantitative estimate of drug-likeness (QED) is 0.387. The molecule has 0 spiro atoms. The maximum absolute atomic E-state index is 13.2. The molecule has 32 heavy (non-hydrogen) atoms. The molecule has 0 aliphatic carbocycles. The fourth-order valence-corrected chi connectivity index (χ4v) is 4.07. The minimum absolute atomic E-state index is 0.0354. The number of ketones is 1. The van der Waals surface area contributed by atoms with E-state index in [-0.39, 0.29) is 16.9 Å². The number of ether oxygens (including phenoxy) is 2. The summed E-state index contributed by atoms with van der Waals surface area (Å²) in [4.78, 5) is 29.8. The van der Waals surface area contributed by atoms with E-state index in [0.29, 0.717) is 24.5 Å². The van der Waals surface area contributed by atoms with Crippen molar-refractivity contribution in [1.29, 1.82) is 0 Å². The van der Waals surface area contributed by atoms with E-state index in [1.807, 2.05) is 50.2 Å². The zero-order valence-corrected chi connectivity index (χ0v) is 19.2. The summed E-state index contributed by atoms with van der Waals surface area (Å²) in [5.74, 6) is -0.941. The number of methoxy groups -OCH3 is 2. The monoisotopic (exact) mass is 438 g/mol. The number of aliphatic hydroxyl groups excluding tert-OH is 1. The lowest BCUT2D eigenvalue weighted by Crippen LogP contribution is -2.32. The van der Waals surface area contributed by atoms with E-state index in [4.69, 9.17) is 9.47 Å². The Morgan fingerprint density at radius 2 is 1.69 bits per heavy atom. The predicted octanol–water partition coefficient (Wildman–Crippen LogP) is 3.39. The van der Waals surface area contributed by atoms with Crippen LogP contribution in [0.15, 0.2) is 48.0 Å². The van der Waals surface area contributed by atoms with Gasteiger partial charge in [-0.3, -0.25) is 9.59 Å². The van der Waals surface area contributed by atoms with Crippen LogP contribution < -0.4 is 9.47 Å². The number of carbonyl (C=O) groups is 2. The van der Waals surface area contributed by atoms with E-state index in [2.05, 4.69) is 0 Å². The molecule has 2 aromatic rings. The first-order chi connectivity index (χ1) is 15.3. The van der Waals surface area contributed by atoms with Crippen molar-refractivity contribution in [3.05, 3.63) is 64.7 Å². The fourth-order valence-electron chi connectivity index (χ4n) is 4.07. The summed E-state index contributed by atoms with van der Waals surface area (Å²) in [5.41, 5.74) is 2.05. The molecule has 1 aliphatic heterocycles. The van der Waals surface area contributed by atoms with Gasteiger partial charge in [0.2, 0.25) is 0 Å². The van der Waals surface area contributed by atoms with Gasteiger partial charge in [-0.1, -0.05) is 35.9 Å². The molecule has 1 N–H and O–H groups in total. The standard InChI is InChI=1S/C25H30N2O5/c1-16-9-6-10-17(15-16)22-21(24(29)25(30)27(22)14-8-13-26(2)3)23(28)20-18(31-4)11-7-12-19(20)32-5/h6-7,9-12,15,22,28H,8,13-14H2,1-5H3/b23-21+. The van der Waals surface area contributed by atoms with Crippen molar-refractivity contribution in [3.8, 4) is 11.5 Å². The van der Waals surface area contributed by atoms with Crippen LogP contribution in [-0.2, 0) is 9.59 Å². The number of amides is 1. The minimum atomic E-state index is -0.716. The third kappa shape index (κ3) is 4.48. The molecular weight excluding hydrogens is 408 g/mol. The minimum Gasteiger partial charge on any atom is -0.506 e. The molecule has 1 heterocycles. The van der Waals surface area contributed by atoms with Gasteiger partial charge in [0.15, 0.2) is 0 Å². The summed E-state index contributed by atoms with van der Waals surface area (Å²) in [7, 11) is 6.87. The SMILES string of the molecule is COc1cccc(OC)c1/C(O)=C1\C(=O)C(=O)N(CCCN(C)C)C1c1cccc(C)c1. The van der Waals surface area contributed by atoms with Crippen LogP contribution in [-0.4, -0.2) is 68.0 Å². The van der Waals surface area contributed by atoms with Crippen LogP contribution in [0.4, 0.5) is 0 Å². The van der Waals surface area contributed by atoms with Crippen molar-refractivity contribution in [3.63, 3.8) is 0 Å². The first kappa shape index (κ1) is 23.3. The summed E-state index contributed by atoms with van der Waals surface area (Å²) < 4.78 is 10.8. The lowest BCUT2D eigenvalue weighted by molar-refractivity contribution is -0.139. The van der Waals surface area contributed by atoms with Gasteiger partial charge in [-0.2, -0.15) is 0 Å². The Morgan fingerprint density at radius 1 is 1.06 bits per heavy atom. The molecule has 1 fully saturated rings. The highest BCUT2D eigenvalue weighted by atomic mass is 16.5. The normalized spacial score (nSPS) is 17.8. The average Bonchev–Trinajstić information content (AvgIpc) is 3.02. The van der Waals surface area contributed by atoms with Crippen LogP contribution in [0.5, 0.6) is 11.5 Å². The maximum atomic E-state index is 13.2. The zero-order valence-electron chi connectivity index (χ0n) is 19.2.